The smallest absolute Gasteiger partial charge is 0.174 e. The highest BCUT2D eigenvalue weighted by atomic mass is 32.2. The summed E-state index contributed by atoms with van der Waals surface area (Å²) < 4.78 is 5.50. The largest absolute Gasteiger partial charge is 0.208 e. The summed E-state index contributed by atoms with van der Waals surface area (Å²) in [4.78, 5) is 4.55. The molecule has 82 valence electrons. The van der Waals surface area contributed by atoms with Gasteiger partial charge >= 0.3 is 0 Å². The van der Waals surface area contributed by atoms with Crippen LogP contribution in [-0.2, 0) is 0 Å². The van der Waals surface area contributed by atoms with Crippen molar-refractivity contribution in [3.63, 3.8) is 0 Å². The van der Waals surface area contributed by atoms with Crippen molar-refractivity contribution in [1.82, 2.24) is 9.36 Å². The first-order valence-electron chi connectivity index (χ1n) is 5.44. The molecule has 1 fully saturated rings. The van der Waals surface area contributed by atoms with E-state index in [1.807, 2.05) is 30.0 Å². The molecule has 1 aromatic heterocycles. The van der Waals surface area contributed by atoms with Gasteiger partial charge < -0.3 is 0 Å². The minimum absolute atomic E-state index is 0.865. The van der Waals surface area contributed by atoms with Gasteiger partial charge in [-0.2, -0.15) is 4.37 Å². The Morgan fingerprint density at radius 3 is 2.81 bits per heavy atom. The Balaban J connectivity index is 1.71. The fourth-order valence-electron chi connectivity index (χ4n) is 1.45. The van der Waals surface area contributed by atoms with E-state index in [1.165, 1.54) is 30.1 Å². The highest BCUT2D eigenvalue weighted by Gasteiger charge is 2.21. The Kier molecular flexibility index (Phi) is 2.93. The molecular formula is C12H12N2S2. The van der Waals surface area contributed by atoms with Gasteiger partial charge in [0.25, 0.3) is 0 Å². The van der Waals surface area contributed by atoms with Crippen LogP contribution in [0.4, 0.5) is 0 Å². The van der Waals surface area contributed by atoms with Crippen molar-refractivity contribution in [3.8, 4) is 11.4 Å². The Morgan fingerprint density at radius 2 is 2.06 bits per heavy atom. The zero-order chi connectivity index (χ0) is 10.8. The third-order valence-corrected chi connectivity index (χ3v) is 4.64. The van der Waals surface area contributed by atoms with Crippen LogP contribution in [0.1, 0.15) is 12.8 Å². The fraction of sp³-hybridized carbons (Fsp3) is 0.333. The van der Waals surface area contributed by atoms with Crippen LogP contribution < -0.4 is 0 Å². The second kappa shape index (κ2) is 4.55. The molecular weight excluding hydrogens is 236 g/mol. The number of aromatic nitrogens is 2. The van der Waals surface area contributed by atoms with E-state index in [4.69, 9.17) is 0 Å². The van der Waals surface area contributed by atoms with E-state index in [0.29, 0.717) is 0 Å². The summed E-state index contributed by atoms with van der Waals surface area (Å²) in [6, 6.07) is 10.2. The van der Waals surface area contributed by atoms with Crippen LogP contribution in [-0.4, -0.2) is 15.1 Å². The van der Waals surface area contributed by atoms with Crippen LogP contribution in [0.3, 0.4) is 0 Å². The third kappa shape index (κ3) is 2.44. The number of hydrogen-bond donors (Lipinski definition) is 0. The maximum absolute atomic E-state index is 4.55. The van der Waals surface area contributed by atoms with Crippen molar-refractivity contribution in [2.24, 2.45) is 5.92 Å². The molecule has 0 unspecified atom stereocenters. The average molecular weight is 248 g/mol. The van der Waals surface area contributed by atoms with Crippen LogP contribution in [0.5, 0.6) is 0 Å². The third-order valence-electron chi connectivity index (χ3n) is 2.58. The van der Waals surface area contributed by atoms with Gasteiger partial charge in [0, 0.05) is 11.3 Å². The molecule has 0 spiro atoms. The first kappa shape index (κ1) is 10.3. The molecule has 0 amide bonds. The highest BCUT2D eigenvalue weighted by molar-refractivity contribution is 8.00. The molecule has 4 heteroatoms. The predicted octanol–water partition coefficient (Wildman–Crippen LogP) is 3.71. The molecule has 3 rings (SSSR count). The molecule has 1 heterocycles. The zero-order valence-corrected chi connectivity index (χ0v) is 10.4. The average Bonchev–Trinajstić information content (AvgIpc) is 3.05. The second-order valence-electron chi connectivity index (χ2n) is 4.00. The van der Waals surface area contributed by atoms with Gasteiger partial charge in [0.05, 0.1) is 0 Å². The van der Waals surface area contributed by atoms with Gasteiger partial charge in [0.2, 0.25) is 0 Å². The minimum Gasteiger partial charge on any atom is -0.208 e. The Hall–Kier alpha value is -0.870. The summed E-state index contributed by atoms with van der Waals surface area (Å²) in [6.07, 6.45) is 2.80. The Bertz CT molecular complexity index is 463. The maximum Gasteiger partial charge on any atom is 0.174 e. The van der Waals surface area contributed by atoms with Gasteiger partial charge in [-0.1, -0.05) is 42.1 Å². The summed E-state index contributed by atoms with van der Waals surface area (Å²) in [5, 5.41) is 0. The zero-order valence-electron chi connectivity index (χ0n) is 8.80. The Labute approximate surface area is 103 Å². The molecule has 2 aromatic rings. The molecule has 1 aromatic carbocycles. The van der Waals surface area contributed by atoms with Crippen LogP contribution >= 0.6 is 23.3 Å². The van der Waals surface area contributed by atoms with Crippen molar-refractivity contribution in [2.45, 2.75) is 17.2 Å². The van der Waals surface area contributed by atoms with E-state index in [2.05, 4.69) is 21.5 Å². The van der Waals surface area contributed by atoms with E-state index in [-0.39, 0.29) is 0 Å². The molecule has 0 saturated heterocycles. The van der Waals surface area contributed by atoms with E-state index in [1.54, 1.807) is 0 Å². The second-order valence-corrected chi connectivity index (χ2v) is 6.02. The van der Waals surface area contributed by atoms with Crippen LogP contribution in [0.25, 0.3) is 11.4 Å². The van der Waals surface area contributed by atoms with Gasteiger partial charge in [-0.15, -0.1) is 0 Å². The number of rotatable bonds is 4. The van der Waals surface area contributed by atoms with Crippen LogP contribution in [0, 0.1) is 5.92 Å². The van der Waals surface area contributed by atoms with E-state index in [0.717, 1.165) is 21.6 Å². The number of hydrogen-bond acceptors (Lipinski definition) is 4. The molecule has 0 atom stereocenters. The number of thioether (sulfide) groups is 1. The van der Waals surface area contributed by atoms with Gasteiger partial charge in [-0.05, 0) is 30.3 Å². The predicted molar refractivity (Wildman–Crippen MR) is 68.8 cm³/mol. The quantitative estimate of drug-likeness (QED) is 0.771. The lowest BCUT2D eigenvalue weighted by atomic mass is 10.2. The molecule has 0 bridgehead atoms. The topological polar surface area (TPSA) is 25.8 Å². The molecule has 1 saturated carbocycles. The van der Waals surface area contributed by atoms with Crippen LogP contribution in [0.2, 0.25) is 0 Å². The molecule has 0 aliphatic heterocycles. The number of benzene rings is 1. The minimum atomic E-state index is 0.865. The number of nitrogens with zero attached hydrogens (tertiary/aromatic N) is 2. The monoisotopic (exact) mass is 248 g/mol. The summed E-state index contributed by atoms with van der Waals surface area (Å²) in [5.41, 5.74) is 1.11. The van der Waals surface area contributed by atoms with Crippen LogP contribution in [0.15, 0.2) is 34.7 Å². The summed E-state index contributed by atoms with van der Waals surface area (Å²) >= 11 is 3.37. The fourth-order valence-corrected chi connectivity index (χ4v) is 3.27. The van der Waals surface area contributed by atoms with Crippen molar-refractivity contribution < 1.29 is 0 Å². The first-order valence-corrected chi connectivity index (χ1v) is 7.19. The lowest BCUT2D eigenvalue weighted by molar-refractivity contribution is 0.998. The van der Waals surface area contributed by atoms with Gasteiger partial charge in [0.1, 0.15) is 0 Å². The molecule has 1 aliphatic rings. The lowest BCUT2D eigenvalue weighted by Gasteiger charge is -1.93. The SMILES string of the molecule is c1ccc(-c2nsc(SCC3CC3)n2)cc1. The van der Waals surface area contributed by atoms with Crippen molar-refractivity contribution in [2.75, 3.05) is 5.75 Å². The Morgan fingerprint density at radius 1 is 1.25 bits per heavy atom. The summed E-state index contributed by atoms with van der Waals surface area (Å²) in [7, 11) is 0. The van der Waals surface area contributed by atoms with Gasteiger partial charge in [-0.3, -0.25) is 0 Å². The maximum atomic E-state index is 4.55. The van der Waals surface area contributed by atoms with Gasteiger partial charge in [-0.25, -0.2) is 4.98 Å². The standard InChI is InChI=1S/C12H12N2S2/c1-2-4-10(5-3-1)11-13-12(16-14-11)15-8-9-6-7-9/h1-5,9H,6-8H2. The molecule has 1 aliphatic carbocycles. The normalized spacial score (nSPS) is 15.2. The molecule has 0 radical (unpaired) electrons. The van der Waals surface area contributed by atoms with Crippen molar-refractivity contribution in [3.05, 3.63) is 30.3 Å². The van der Waals surface area contributed by atoms with E-state index < -0.39 is 0 Å². The molecule has 0 N–H and O–H groups in total. The van der Waals surface area contributed by atoms with E-state index in [9.17, 15) is 0 Å². The lowest BCUT2D eigenvalue weighted by Crippen LogP contribution is -1.81. The van der Waals surface area contributed by atoms with E-state index >= 15 is 0 Å². The molecule has 16 heavy (non-hydrogen) atoms. The van der Waals surface area contributed by atoms with Gasteiger partial charge in [0.15, 0.2) is 10.2 Å². The van der Waals surface area contributed by atoms with Crippen molar-refractivity contribution >= 4 is 23.3 Å². The summed E-state index contributed by atoms with van der Waals surface area (Å²) in [5.74, 6) is 3.02. The van der Waals surface area contributed by atoms with Crippen molar-refractivity contribution in [1.29, 1.82) is 0 Å². The first-order chi connectivity index (χ1) is 7.92. The highest BCUT2D eigenvalue weighted by Crippen LogP contribution is 2.36. The molecule has 2 nitrogen and oxygen atoms in total. The summed E-state index contributed by atoms with van der Waals surface area (Å²) in [6.45, 7) is 0.